The molecule has 0 unspecified atom stereocenters. The Balaban J connectivity index is 1.48. The molecule has 1 aromatic heterocycles. The molecule has 0 bridgehead atoms. The van der Waals surface area contributed by atoms with E-state index in [2.05, 4.69) is 20.8 Å². The van der Waals surface area contributed by atoms with E-state index >= 15 is 0 Å². The molecule has 0 spiro atoms. The summed E-state index contributed by atoms with van der Waals surface area (Å²) in [6.07, 6.45) is 0.430. The van der Waals surface area contributed by atoms with Crippen molar-refractivity contribution < 1.29 is 14.0 Å². The van der Waals surface area contributed by atoms with Gasteiger partial charge in [0.05, 0.1) is 11.3 Å². The van der Waals surface area contributed by atoms with Gasteiger partial charge in [-0.15, -0.1) is 10.2 Å². The third kappa shape index (κ3) is 5.44. The number of nitrogens with one attached hydrogen (secondary N) is 2. The van der Waals surface area contributed by atoms with Gasteiger partial charge in [-0.1, -0.05) is 42.1 Å². The Morgan fingerprint density at radius 1 is 1.10 bits per heavy atom. The summed E-state index contributed by atoms with van der Waals surface area (Å²) in [5, 5.41) is 14.4. The number of nitrogens with zero attached hydrogens (tertiary/aromatic N) is 3. The number of aromatic nitrogens is 3. The maximum absolute atomic E-state index is 13.6. The van der Waals surface area contributed by atoms with Gasteiger partial charge in [0.25, 0.3) is 5.91 Å². The van der Waals surface area contributed by atoms with Crippen LogP contribution in [0.3, 0.4) is 0 Å². The van der Waals surface area contributed by atoms with Crippen molar-refractivity contribution in [2.24, 2.45) is 7.05 Å². The van der Waals surface area contributed by atoms with Gasteiger partial charge < -0.3 is 15.2 Å². The van der Waals surface area contributed by atoms with Crippen LogP contribution in [0.5, 0.6) is 0 Å². The Labute approximate surface area is 178 Å². The number of halogens is 1. The highest BCUT2D eigenvalue weighted by molar-refractivity contribution is 7.99. The molecule has 0 saturated carbocycles. The van der Waals surface area contributed by atoms with Crippen LogP contribution in [0, 0.1) is 12.7 Å². The number of benzene rings is 2. The summed E-state index contributed by atoms with van der Waals surface area (Å²) in [6, 6.07) is 13.4. The summed E-state index contributed by atoms with van der Waals surface area (Å²) in [4.78, 5) is 24.3. The van der Waals surface area contributed by atoms with Gasteiger partial charge in [0.1, 0.15) is 11.6 Å². The van der Waals surface area contributed by atoms with Gasteiger partial charge in [-0.2, -0.15) is 0 Å². The molecular weight excluding hydrogens is 405 g/mol. The molecule has 2 N–H and O–H groups in total. The van der Waals surface area contributed by atoms with Crippen LogP contribution in [0.4, 0.5) is 10.1 Å². The highest BCUT2D eigenvalue weighted by Gasteiger charge is 2.14. The first kappa shape index (κ1) is 21.5. The van der Waals surface area contributed by atoms with Crippen LogP contribution < -0.4 is 10.6 Å². The molecule has 0 aliphatic rings. The van der Waals surface area contributed by atoms with E-state index in [1.165, 1.54) is 30.0 Å². The van der Waals surface area contributed by atoms with Crippen molar-refractivity contribution in [1.82, 2.24) is 20.1 Å². The van der Waals surface area contributed by atoms with E-state index in [1.54, 1.807) is 17.7 Å². The number of amides is 2. The fourth-order valence-electron chi connectivity index (χ4n) is 2.75. The summed E-state index contributed by atoms with van der Waals surface area (Å²) in [7, 11) is 1.80. The quantitative estimate of drug-likeness (QED) is 0.540. The number of anilines is 1. The summed E-state index contributed by atoms with van der Waals surface area (Å²) < 4.78 is 15.4. The Morgan fingerprint density at radius 3 is 2.60 bits per heavy atom. The molecule has 0 aliphatic carbocycles. The summed E-state index contributed by atoms with van der Waals surface area (Å²) >= 11 is 1.28. The highest BCUT2D eigenvalue weighted by atomic mass is 32.2. The normalized spacial score (nSPS) is 10.6. The zero-order valence-corrected chi connectivity index (χ0v) is 17.5. The van der Waals surface area contributed by atoms with Crippen molar-refractivity contribution in [3.8, 4) is 0 Å². The van der Waals surface area contributed by atoms with Crippen LogP contribution in [0.2, 0.25) is 0 Å². The van der Waals surface area contributed by atoms with Crippen LogP contribution in [-0.4, -0.2) is 38.9 Å². The second-order valence-corrected chi connectivity index (χ2v) is 7.54. The molecule has 3 aromatic rings. The monoisotopic (exact) mass is 427 g/mol. The van der Waals surface area contributed by atoms with E-state index < -0.39 is 11.7 Å². The summed E-state index contributed by atoms with van der Waals surface area (Å²) in [6.45, 7) is 2.22. The second kappa shape index (κ2) is 10.0. The summed E-state index contributed by atoms with van der Waals surface area (Å²) in [5.74, 6) is -0.305. The molecule has 3 rings (SSSR count). The minimum Gasteiger partial charge on any atom is -0.351 e. The average Bonchev–Trinajstić information content (AvgIpc) is 3.08. The van der Waals surface area contributed by atoms with E-state index in [1.807, 2.05) is 31.2 Å². The summed E-state index contributed by atoms with van der Waals surface area (Å²) in [5.41, 5.74) is 1.79. The molecule has 0 fully saturated rings. The molecule has 0 aliphatic heterocycles. The molecular formula is C21H22FN5O2S. The Morgan fingerprint density at radius 2 is 1.83 bits per heavy atom. The van der Waals surface area contributed by atoms with Crippen molar-refractivity contribution in [2.45, 2.75) is 18.5 Å². The fourth-order valence-corrected chi connectivity index (χ4v) is 3.48. The first-order chi connectivity index (χ1) is 14.5. The molecule has 2 aromatic carbocycles. The molecule has 2 amide bonds. The number of hydrogen-bond donors (Lipinski definition) is 2. The molecule has 1 heterocycles. The molecule has 30 heavy (non-hydrogen) atoms. The minimum absolute atomic E-state index is 0.00590. The lowest BCUT2D eigenvalue weighted by molar-refractivity contribution is -0.113. The largest absolute Gasteiger partial charge is 0.351 e. The third-order valence-electron chi connectivity index (χ3n) is 4.43. The zero-order chi connectivity index (χ0) is 21.5. The first-order valence-corrected chi connectivity index (χ1v) is 10.3. The maximum atomic E-state index is 13.6. The smallest absolute Gasteiger partial charge is 0.254 e. The van der Waals surface area contributed by atoms with Gasteiger partial charge >= 0.3 is 0 Å². The predicted octanol–water partition coefficient (Wildman–Crippen LogP) is 2.97. The highest BCUT2D eigenvalue weighted by Crippen LogP contribution is 2.18. The minimum atomic E-state index is -0.559. The van der Waals surface area contributed by atoms with Crippen LogP contribution >= 0.6 is 11.8 Å². The van der Waals surface area contributed by atoms with Crippen molar-refractivity contribution >= 4 is 29.3 Å². The SMILES string of the molecule is Cc1ccccc1NC(=O)CSc1nnc(CCNC(=O)c2ccccc2F)n1C. The average molecular weight is 428 g/mol. The Bertz CT molecular complexity index is 1050. The van der Waals surface area contributed by atoms with Gasteiger partial charge in [0, 0.05) is 25.7 Å². The molecule has 0 saturated heterocycles. The van der Waals surface area contributed by atoms with E-state index in [0.29, 0.717) is 17.4 Å². The number of carbonyl (C=O) groups excluding carboxylic acids is 2. The van der Waals surface area contributed by atoms with Gasteiger partial charge in [0.2, 0.25) is 5.91 Å². The number of rotatable bonds is 8. The van der Waals surface area contributed by atoms with Gasteiger partial charge in [-0.05, 0) is 30.7 Å². The molecule has 7 nitrogen and oxygen atoms in total. The van der Waals surface area contributed by atoms with Crippen LogP contribution in [0.15, 0.2) is 53.7 Å². The van der Waals surface area contributed by atoms with Crippen molar-refractivity contribution in [1.29, 1.82) is 0 Å². The number of aryl methyl sites for hydroxylation is 1. The maximum Gasteiger partial charge on any atom is 0.254 e. The Hall–Kier alpha value is -3.20. The van der Waals surface area contributed by atoms with Gasteiger partial charge in [-0.3, -0.25) is 9.59 Å². The Kier molecular flexibility index (Phi) is 7.18. The topological polar surface area (TPSA) is 88.9 Å². The zero-order valence-electron chi connectivity index (χ0n) is 16.7. The number of para-hydroxylation sites is 1. The predicted molar refractivity (Wildman–Crippen MR) is 114 cm³/mol. The van der Waals surface area contributed by atoms with Crippen LogP contribution in [0.25, 0.3) is 0 Å². The van der Waals surface area contributed by atoms with Crippen LogP contribution in [0.1, 0.15) is 21.7 Å². The second-order valence-electron chi connectivity index (χ2n) is 6.60. The van der Waals surface area contributed by atoms with Crippen molar-refractivity contribution in [3.05, 3.63) is 71.3 Å². The number of thioether (sulfide) groups is 1. The fraction of sp³-hybridized carbons (Fsp3) is 0.238. The molecule has 0 atom stereocenters. The van der Waals surface area contributed by atoms with Gasteiger partial charge in [-0.25, -0.2) is 4.39 Å². The first-order valence-electron chi connectivity index (χ1n) is 9.35. The van der Waals surface area contributed by atoms with Gasteiger partial charge in [0.15, 0.2) is 5.16 Å². The van der Waals surface area contributed by atoms with E-state index in [9.17, 15) is 14.0 Å². The lowest BCUT2D eigenvalue weighted by Crippen LogP contribution is -2.27. The van der Waals surface area contributed by atoms with Crippen molar-refractivity contribution in [2.75, 3.05) is 17.6 Å². The van der Waals surface area contributed by atoms with E-state index in [0.717, 1.165) is 11.3 Å². The standard InChI is InChI=1S/C21H22FN5O2S/c1-14-7-3-6-10-17(14)24-19(28)13-30-21-26-25-18(27(21)2)11-12-23-20(29)15-8-4-5-9-16(15)22/h3-10H,11-13H2,1-2H3,(H,23,29)(H,24,28). The lowest BCUT2D eigenvalue weighted by atomic mass is 10.2. The lowest BCUT2D eigenvalue weighted by Gasteiger charge is -2.08. The number of carbonyl (C=O) groups is 2. The third-order valence-corrected chi connectivity index (χ3v) is 5.45. The van der Waals surface area contributed by atoms with E-state index in [-0.39, 0.29) is 23.8 Å². The van der Waals surface area contributed by atoms with Crippen molar-refractivity contribution in [3.63, 3.8) is 0 Å². The molecule has 9 heteroatoms. The van der Waals surface area contributed by atoms with Crippen LogP contribution in [-0.2, 0) is 18.3 Å². The van der Waals surface area contributed by atoms with E-state index in [4.69, 9.17) is 0 Å². The molecule has 156 valence electrons. The number of hydrogen-bond acceptors (Lipinski definition) is 5. The molecule has 0 radical (unpaired) electrons.